The highest BCUT2D eigenvalue weighted by molar-refractivity contribution is 5.96. The van der Waals surface area contributed by atoms with Crippen molar-refractivity contribution in [2.24, 2.45) is 0 Å². The van der Waals surface area contributed by atoms with Crippen molar-refractivity contribution in [2.75, 3.05) is 20.2 Å². The SMILES string of the molecule is COC1(C2(NC(=O)c3ccccc3)CN(C(=O)c3ocnc3C)C2)CC1. The zero-order valence-electron chi connectivity index (χ0n) is 14.8. The first-order valence-corrected chi connectivity index (χ1v) is 8.62. The van der Waals surface area contributed by atoms with E-state index in [9.17, 15) is 9.59 Å². The number of nitrogens with zero attached hydrogens (tertiary/aromatic N) is 2. The van der Waals surface area contributed by atoms with Crippen LogP contribution in [0.1, 0.15) is 39.4 Å². The fourth-order valence-corrected chi connectivity index (χ4v) is 3.75. The van der Waals surface area contributed by atoms with Crippen molar-refractivity contribution in [2.45, 2.75) is 30.9 Å². The molecular formula is C19H21N3O4. The maximum Gasteiger partial charge on any atom is 0.291 e. The van der Waals surface area contributed by atoms with Gasteiger partial charge in [0.25, 0.3) is 11.8 Å². The normalized spacial score (nSPS) is 19.5. The predicted molar refractivity (Wildman–Crippen MR) is 92.8 cm³/mol. The number of aromatic nitrogens is 1. The van der Waals surface area contributed by atoms with Gasteiger partial charge < -0.3 is 19.4 Å². The fourth-order valence-electron chi connectivity index (χ4n) is 3.75. The highest BCUT2D eigenvalue weighted by Crippen LogP contribution is 2.52. The number of benzene rings is 1. The van der Waals surface area contributed by atoms with Gasteiger partial charge in [0, 0.05) is 25.8 Å². The lowest BCUT2D eigenvalue weighted by Crippen LogP contribution is -2.77. The highest BCUT2D eigenvalue weighted by Gasteiger charge is 2.67. The summed E-state index contributed by atoms with van der Waals surface area (Å²) < 4.78 is 11.0. The summed E-state index contributed by atoms with van der Waals surface area (Å²) in [6.45, 7) is 2.51. The number of likely N-dealkylation sites (tertiary alicyclic amines) is 1. The molecule has 1 aliphatic carbocycles. The Kier molecular flexibility index (Phi) is 3.84. The zero-order chi connectivity index (χ0) is 18.4. The number of oxazole rings is 1. The average Bonchev–Trinajstić information content (AvgIpc) is 3.32. The molecule has 1 aromatic heterocycles. The zero-order valence-corrected chi connectivity index (χ0v) is 14.8. The van der Waals surface area contributed by atoms with Gasteiger partial charge in [0.2, 0.25) is 5.76 Å². The molecule has 2 heterocycles. The summed E-state index contributed by atoms with van der Waals surface area (Å²) in [7, 11) is 1.66. The van der Waals surface area contributed by atoms with E-state index in [0.29, 0.717) is 24.3 Å². The Balaban J connectivity index is 1.54. The quantitative estimate of drug-likeness (QED) is 0.884. The Morgan fingerprint density at radius 2 is 1.92 bits per heavy atom. The van der Waals surface area contributed by atoms with Crippen LogP contribution < -0.4 is 5.32 Å². The molecule has 1 aromatic carbocycles. The second-order valence-electron chi connectivity index (χ2n) is 7.03. The van der Waals surface area contributed by atoms with E-state index >= 15 is 0 Å². The molecule has 7 nitrogen and oxygen atoms in total. The minimum absolute atomic E-state index is 0.156. The Hall–Kier alpha value is -2.67. The molecule has 136 valence electrons. The molecule has 1 N–H and O–H groups in total. The van der Waals surface area contributed by atoms with Crippen LogP contribution in [0.4, 0.5) is 0 Å². The summed E-state index contributed by atoms with van der Waals surface area (Å²) in [4.78, 5) is 31.0. The van der Waals surface area contributed by atoms with Gasteiger partial charge >= 0.3 is 0 Å². The van der Waals surface area contributed by atoms with Crippen molar-refractivity contribution < 1.29 is 18.7 Å². The number of aryl methyl sites for hydroxylation is 1. The molecule has 4 rings (SSSR count). The molecule has 0 bridgehead atoms. The molecule has 2 aromatic rings. The first-order valence-electron chi connectivity index (χ1n) is 8.62. The van der Waals surface area contributed by atoms with E-state index in [0.717, 1.165) is 12.8 Å². The third-order valence-electron chi connectivity index (χ3n) is 5.50. The topological polar surface area (TPSA) is 84.7 Å². The van der Waals surface area contributed by atoms with Gasteiger partial charge in [-0.1, -0.05) is 18.2 Å². The summed E-state index contributed by atoms with van der Waals surface area (Å²) in [5, 5.41) is 3.14. The van der Waals surface area contributed by atoms with Gasteiger partial charge in [0.15, 0.2) is 6.39 Å². The third-order valence-corrected chi connectivity index (χ3v) is 5.50. The number of methoxy groups -OCH3 is 1. The molecule has 1 saturated heterocycles. The second-order valence-corrected chi connectivity index (χ2v) is 7.03. The number of carbonyl (C=O) groups is 2. The predicted octanol–water partition coefficient (Wildman–Crippen LogP) is 1.79. The maximum atomic E-state index is 12.7. The molecular weight excluding hydrogens is 334 g/mol. The lowest BCUT2D eigenvalue weighted by Gasteiger charge is -2.54. The van der Waals surface area contributed by atoms with Crippen LogP contribution >= 0.6 is 0 Å². The van der Waals surface area contributed by atoms with Crippen molar-refractivity contribution in [3.8, 4) is 0 Å². The first-order chi connectivity index (χ1) is 12.5. The third kappa shape index (κ3) is 2.50. The van der Waals surface area contributed by atoms with Crippen LogP contribution in [0.3, 0.4) is 0 Å². The van der Waals surface area contributed by atoms with E-state index in [1.807, 2.05) is 18.2 Å². The number of amides is 2. The molecule has 26 heavy (non-hydrogen) atoms. The van der Waals surface area contributed by atoms with E-state index in [-0.39, 0.29) is 17.6 Å². The summed E-state index contributed by atoms with van der Waals surface area (Å²) in [6.07, 6.45) is 2.99. The average molecular weight is 355 g/mol. The van der Waals surface area contributed by atoms with Gasteiger partial charge in [0.05, 0.1) is 11.3 Å². The number of hydrogen-bond acceptors (Lipinski definition) is 5. The largest absolute Gasteiger partial charge is 0.438 e. The number of ether oxygens (including phenoxy) is 1. The maximum absolute atomic E-state index is 12.7. The molecule has 2 fully saturated rings. The second kappa shape index (κ2) is 5.95. The molecule has 1 aliphatic heterocycles. The Morgan fingerprint density at radius 1 is 1.23 bits per heavy atom. The van der Waals surface area contributed by atoms with E-state index in [2.05, 4.69) is 10.3 Å². The Labute approximate surface area is 151 Å². The molecule has 0 radical (unpaired) electrons. The summed E-state index contributed by atoms with van der Waals surface area (Å²) >= 11 is 0. The van der Waals surface area contributed by atoms with Crippen molar-refractivity contribution in [1.82, 2.24) is 15.2 Å². The van der Waals surface area contributed by atoms with E-state index in [1.165, 1.54) is 6.39 Å². The number of rotatable bonds is 5. The van der Waals surface area contributed by atoms with Crippen LogP contribution in [0.25, 0.3) is 0 Å². The smallest absolute Gasteiger partial charge is 0.291 e. The molecule has 7 heteroatoms. The van der Waals surface area contributed by atoms with Crippen LogP contribution in [0.5, 0.6) is 0 Å². The van der Waals surface area contributed by atoms with Gasteiger partial charge in [-0.15, -0.1) is 0 Å². The van der Waals surface area contributed by atoms with Crippen molar-refractivity contribution >= 4 is 11.8 Å². The molecule has 0 spiro atoms. The fraction of sp³-hybridized carbons (Fsp3) is 0.421. The summed E-state index contributed by atoms with van der Waals surface area (Å²) in [5.74, 6) is -0.122. The van der Waals surface area contributed by atoms with E-state index < -0.39 is 11.1 Å². The molecule has 2 aliphatic rings. The number of hydrogen-bond donors (Lipinski definition) is 1. The van der Waals surface area contributed by atoms with Gasteiger partial charge in [0.1, 0.15) is 5.54 Å². The van der Waals surface area contributed by atoms with Gasteiger partial charge in [-0.3, -0.25) is 9.59 Å². The van der Waals surface area contributed by atoms with Gasteiger partial charge in [-0.05, 0) is 31.9 Å². The van der Waals surface area contributed by atoms with Crippen LogP contribution in [-0.2, 0) is 4.74 Å². The van der Waals surface area contributed by atoms with E-state index in [4.69, 9.17) is 9.15 Å². The lowest BCUT2D eigenvalue weighted by atomic mass is 9.80. The van der Waals surface area contributed by atoms with E-state index in [1.54, 1.807) is 31.1 Å². The summed E-state index contributed by atoms with van der Waals surface area (Å²) in [5.41, 5.74) is 0.159. The number of nitrogens with one attached hydrogen (secondary N) is 1. The van der Waals surface area contributed by atoms with Crippen LogP contribution in [-0.4, -0.2) is 53.0 Å². The number of carbonyl (C=O) groups excluding carboxylic acids is 2. The van der Waals surface area contributed by atoms with Gasteiger partial charge in [-0.2, -0.15) is 0 Å². The van der Waals surface area contributed by atoms with Crippen molar-refractivity contribution in [1.29, 1.82) is 0 Å². The standard InChI is InChI=1S/C19H21N3O4/c1-13-15(26-12-20-13)17(24)22-10-18(11-22,19(25-2)8-9-19)21-16(23)14-6-4-3-5-7-14/h3-7,12H,8-11H2,1-2H3,(H,21,23). The van der Waals surface area contributed by atoms with Crippen LogP contribution in [0.15, 0.2) is 41.1 Å². The lowest BCUT2D eigenvalue weighted by molar-refractivity contribution is -0.0715. The Bertz CT molecular complexity index is 835. The summed E-state index contributed by atoms with van der Waals surface area (Å²) in [6, 6.07) is 9.07. The molecule has 0 atom stereocenters. The van der Waals surface area contributed by atoms with Crippen molar-refractivity contribution in [3.63, 3.8) is 0 Å². The monoisotopic (exact) mass is 355 g/mol. The van der Waals surface area contributed by atoms with Crippen molar-refractivity contribution in [3.05, 3.63) is 53.7 Å². The van der Waals surface area contributed by atoms with Crippen LogP contribution in [0.2, 0.25) is 0 Å². The first kappa shape index (κ1) is 16.8. The minimum atomic E-state index is -0.585. The molecule has 2 amide bonds. The highest BCUT2D eigenvalue weighted by atomic mass is 16.5. The van der Waals surface area contributed by atoms with Gasteiger partial charge in [-0.25, -0.2) is 4.98 Å². The van der Waals surface area contributed by atoms with Crippen LogP contribution in [0, 0.1) is 6.92 Å². The Morgan fingerprint density at radius 3 is 2.46 bits per heavy atom. The minimum Gasteiger partial charge on any atom is -0.438 e. The molecule has 1 saturated carbocycles. The molecule has 0 unspecified atom stereocenters.